The minimum Gasteiger partial charge on any atom is -0.454 e. The van der Waals surface area contributed by atoms with Gasteiger partial charge in [-0.2, -0.15) is 18.4 Å². The maximum Gasteiger partial charge on any atom is 0.418 e. The second kappa shape index (κ2) is 5.09. The number of hydrogen-bond donors (Lipinski definition) is 1. The molecule has 0 bridgehead atoms. The molecule has 2 aromatic rings. The van der Waals surface area contributed by atoms with E-state index in [-0.39, 0.29) is 17.2 Å². The molecule has 102 valence electrons. The number of benzene rings is 1. The average molecular weight is 279 g/mol. The molecule has 0 spiro atoms. The first kappa shape index (κ1) is 13.7. The fraction of sp³-hybridized carbons (Fsp3) is 0.0769. The van der Waals surface area contributed by atoms with E-state index in [2.05, 4.69) is 4.98 Å². The third kappa shape index (κ3) is 2.80. The molecule has 0 radical (unpaired) electrons. The van der Waals surface area contributed by atoms with Crippen LogP contribution < -0.4 is 10.5 Å². The number of hydrogen-bond acceptors (Lipinski definition) is 4. The summed E-state index contributed by atoms with van der Waals surface area (Å²) in [6.45, 7) is 0. The zero-order valence-corrected chi connectivity index (χ0v) is 9.98. The summed E-state index contributed by atoms with van der Waals surface area (Å²) in [5.41, 5.74) is 3.89. The fourth-order valence-electron chi connectivity index (χ4n) is 1.53. The van der Waals surface area contributed by atoms with Crippen molar-refractivity contribution in [1.29, 1.82) is 5.26 Å². The maximum absolute atomic E-state index is 12.7. The lowest BCUT2D eigenvalue weighted by Crippen LogP contribution is -2.08. The largest absolute Gasteiger partial charge is 0.454 e. The molecule has 0 saturated heterocycles. The number of anilines is 1. The average Bonchev–Trinajstić information content (AvgIpc) is 2.40. The molecule has 1 heterocycles. The van der Waals surface area contributed by atoms with Gasteiger partial charge in [-0.05, 0) is 30.3 Å². The Morgan fingerprint density at radius 3 is 2.65 bits per heavy atom. The van der Waals surface area contributed by atoms with Crippen LogP contribution in [0.2, 0.25) is 0 Å². The predicted octanol–water partition coefficient (Wildman–Crippen LogP) is 3.35. The van der Waals surface area contributed by atoms with Crippen molar-refractivity contribution in [1.82, 2.24) is 4.98 Å². The van der Waals surface area contributed by atoms with Gasteiger partial charge in [0.2, 0.25) is 0 Å². The summed E-state index contributed by atoms with van der Waals surface area (Å²) in [7, 11) is 0. The Bertz CT molecular complexity index is 677. The molecule has 2 rings (SSSR count). The summed E-state index contributed by atoms with van der Waals surface area (Å²) in [5, 5.41) is 8.83. The van der Waals surface area contributed by atoms with Crippen LogP contribution in [0.25, 0.3) is 0 Å². The van der Waals surface area contributed by atoms with Crippen LogP contribution in [0.4, 0.5) is 18.9 Å². The van der Waals surface area contributed by atoms with E-state index >= 15 is 0 Å². The summed E-state index contributed by atoms with van der Waals surface area (Å²) in [6, 6.07) is 7.91. The highest BCUT2D eigenvalue weighted by Gasteiger charge is 2.33. The van der Waals surface area contributed by atoms with Gasteiger partial charge < -0.3 is 10.5 Å². The van der Waals surface area contributed by atoms with Gasteiger partial charge in [0, 0.05) is 11.9 Å². The summed E-state index contributed by atoms with van der Waals surface area (Å²) in [5.74, 6) is 0.00363. The Morgan fingerprint density at radius 2 is 2.00 bits per heavy atom. The molecule has 0 aliphatic heterocycles. The number of alkyl halides is 3. The Hall–Kier alpha value is -2.75. The first-order chi connectivity index (χ1) is 9.41. The number of pyridine rings is 1. The molecular weight excluding hydrogens is 271 g/mol. The van der Waals surface area contributed by atoms with Crippen LogP contribution in [0.5, 0.6) is 11.5 Å². The molecule has 0 atom stereocenters. The van der Waals surface area contributed by atoms with Crippen LogP contribution in [0, 0.1) is 11.3 Å². The van der Waals surface area contributed by atoms with E-state index in [1.165, 1.54) is 24.4 Å². The van der Waals surface area contributed by atoms with E-state index < -0.39 is 17.4 Å². The molecule has 20 heavy (non-hydrogen) atoms. The van der Waals surface area contributed by atoms with Crippen molar-refractivity contribution < 1.29 is 17.9 Å². The topological polar surface area (TPSA) is 71.9 Å². The first-order valence-electron chi connectivity index (χ1n) is 5.41. The zero-order valence-electron chi connectivity index (χ0n) is 9.98. The van der Waals surface area contributed by atoms with E-state index in [9.17, 15) is 13.2 Å². The molecule has 0 amide bonds. The van der Waals surface area contributed by atoms with Gasteiger partial charge in [-0.1, -0.05) is 0 Å². The number of nitriles is 1. The molecule has 2 N–H and O–H groups in total. The minimum atomic E-state index is -4.57. The molecule has 4 nitrogen and oxygen atoms in total. The second-order valence-corrected chi connectivity index (χ2v) is 3.81. The summed E-state index contributed by atoms with van der Waals surface area (Å²) >= 11 is 0. The van der Waals surface area contributed by atoms with Gasteiger partial charge in [0.1, 0.15) is 11.8 Å². The Morgan fingerprint density at radius 1 is 1.25 bits per heavy atom. The van der Waals surface area contributed by atoms with E-state index in [1.54, 1.807) is 6.07 Å². The summed E-state index contributed by atoms with van der Waals surface area (Å²) in [6.07, 6.45) is -3.19. The van der Waals surface area contributed by atoms with Crippen molar-refractivity contribution in [3.63, 3.8) is 0 Å². The third-order valence-corrected chi connectivity index (χ3v) is 2.43. The van der Waals surface area contributed by atoms with Gasteiger partial charge in [0.15, 0.2) is 11.4 Å². The minimum absolute atomic E-state index is 0.0158. The Labute approximate surface area is 112 Å². The van der Waals surface area contributed by atoms with Gasteiger partial charge in [0.25, 0.3) is 0 Å². The first-order valence-corrected chi connectivity index (χ1v) is 5.41. The molecule has 0 aliphatic carbocycles. The molecule has 1 aromatic heterocycles. The molecule has 7 heteroatoms. The van der Waals surface area contributed by atoms with Gasteiger partial charge in [-0.15, -0.1) is 0 Å². The van der Waals surface area contributed by atoms with Gasteiger partial charge >= 0.3 is 6.18 Å². The molecule has 1 aromatic carbocycles. The lowest BCUT2D eigenvalue weighted by atomic mass is 10.1. The molecule has 0 unspecified atom stereocenters. The van der Waals surface area contributed by atoms with Crippen LogP contribution in [0.1, 0.15) is 11.3 Å². The highest BCUT2D eigenvalue weighted by molar-refractivity contribution is 5.53. The normalized spacial score (nSPS) is 10.9. The Balaban J connectivity index is 2.38. The van der Waals surface area contributed by atoms with Crippen LogP contribution in [0.15, 0.2) is 36.5 Å². The van der Waals surface area contributed by atoms with Crippen molar-refractivity contribution >= 4 is 5.69 Å². The van der Waals surface area contributed by atoms with Crippen molar-refractivity contribution in [2.75, 3.05) is 5.73 Å². The van der Waals surface area contributed by atoms with E-state index in [1.807, 2.05) is 0 Å². The number of nitrogens with zero attached hydrogens (tertiary/aromatic N) is 2. The summed E-state index contributed by atoms with van der Waals surface area (Å²) in [4.78, 5) is 3.75. The molecule has 0 aliphatic rings. The molecular formula is C13H8F3N3O. The predicted molar refractivity (Wildman–Crippen MR) is 64.9 cm³/mol. The Kier molecular flexibility index (Phi) is 3.48. The monoisotopic (exact) mass is 279 g/mol. The third-order valence-electron chi connectivity index (χ3n) is 2.43. The van der Waals surface area contributed by atoms with E-state index in [0.29, 0.717) is 0 Å². The van der Waals surface area contributed by atoms with Gasteiger partial charge in [0.05, 0.1) is 5.56 Å². The highest BCUT2D eigenvalue weighted by Crippen LogP contribution is 2.36. The lowest BCUT2D eigenvalue weighted by molar-refractivity contribution is -0.137. The van der Waals surface area contributed by atoms with Gasteiger partial charge in [-0.3, -0.25) is 0 Å². The number of aromatic nitrogens is 1. The number of ether oxygens (including phenoxy) is 1. The number of nitrogens with two attached hydrogens (primary N) is 1. The van der Waals surface area contributed by atoms with Crippen molar-refractivity contribution in [3.05, 3.63) is 47.8 Å². The standard InChI is InChI=1S/C13H8F3N3O/c14-13(15,16)9-6-8(3-4-10(9)18)20-12-2-1-5-19-11(12)7-17/h1-6H,18H2. The van der Waals surface area contributed by atoms with Crippen molar-refractivity contribution in [3.8, 4) is 17.6 Å². The summed E-state index contributed by atoms with van der Waals surface area (Å²) < 4.78 is 43.4. The van der Waals surface area contributed by atoms with Crippen molar-refractivity contribution in [2.45, 2.75) is 6.18 Å². The number of halogens is 3. The quantitative estimate of drug-likeness (QED) is 0.856. The molecule has 0 fully saturated rings. The van der Waals surface area contributed by atoms with Crippen molar-refractivity contribution in [2.24, 2.45) is 0 Å². The van der Waals surface area contributed by atoms with Crippen LogP contribution >= 0.6 is 0 Å². The lowest BCUT2D eigenvalue weighted by Gasteiger charge is -2.12. The van der Waals surface area contributed by atoms with E-state index in [4.69, 9.17) is 15.7 Å². The number of rotatable bonds is 2. The second-order valence-electron chi connectivity index (χ2n) is 3.81. The fourth-order valence-corrected chi connectivity index (χ4v) is 1.53. The maximum atomic E-state index is 12.7. The van der Waals surface area contributed by atoms with Crippen LogP contribution in [-0.2, 0) is 6.18 Å². The zero-order chi connectivity index (χ0) is 14.8. The smallest absolute Gasteiger partial charge is 0.418 e. The van der Waals surface area contributed by atoms with Crippen LogP contribution in [-0.4, -0.2) is 4.98 Å². The highest BCUT2D eigenvalue weighted by atomic mass is 19.4. The van der Waals surface area contributed by atoms with E-state index in [0.717, 1.165) is 12.1 Å². The number of nitrogen functional groups attached to an aromatic ring is 1. The molecule has 0 saturated carbocycles. The SMILES string of the molecule is N#Cc1ncccc1Oc1ccc(N)c(C(F)(F)F)c1. The van der Waals surface area contributed by atoms with Gasteiger partial charge in [-0.25, -0.2) is 4.98 Å². The van der Waals surface area contributed by atoms with Crippen LogP contribution in [0.3, 0.4) is 0 Å².